The van der Waals surface area contributed by atoms with Gasteiger partial charge in [0.15, 0.2) is 0 Å². The first-order valence-corrected chi connectivity index (χ1v) is 11.8. The monoisotopic (exact) mass is 415 g/mol. The Morgan fingerprint density at radius 1 is 0.625 bits per heavy atom. The number of rotatable bonds is 2. The van der Waals surface area contributed by atoms with Crippen molar-refractivity contribution in [1.82, 2.24) is 4.57 Å². The van der Waals surface area contributed by atoms with E-state index in [1.807, 2.05) is 6.07 Å². The van der Waals surface area contributed by atoms with Gasteiger partial charge in [-0.05, 0) is 60.7 Å². The summed E-state index contributed by atoms with van der Waals surface area (Å²) in [6.07, 6.45) is 6.76. The van der Waals surface area contributed by atoms with Crippen LogP contribution in [0, 0.1) is 0 Å². The minimum atomic E-state index is 0.705. The van der Waals surface area contributed by atoms with Crippen molar-refractivity contribution in [1.29, 1.82) is 0 Å². The molecule has 0 N–H and O–H groups in total. The van der Waals surface area contributed by atoms with Crippen molar-refractivity contribution in [3.8, 4) is 5.69 Å². The van der Waals surface area contributed by atoms with Gasteiger partial charge >= 0.3 is 0 Å². The Labute approximate surface area is 187 Å². The van der Waals surface area contributed by atoms with Crippen molar-refractivity contribution in [3.05, 3.63) is 90.5 Å². The summed E-state index contributed by atoms with van der Waals surface area (Å²) >= 11 is 0. The zero-order chi connectivity index (χ0) is 21.1. The molecule has 1 aliphatic carbocycles. The van der Waals surface area contributed by atoms with Crippen molar-refractivity contribution in [3.63, 3.8) is 0 Å². The lowest BCUT2D eigenvalue weighted by atomic mass is 9.84. The van der Waals surface area contributed by atoms with Gasteiger partial charge in [0, 0.05) is 16.2 Å². The third-order valence-corrected chi connectivity index (χ3v) is 7.39. The molecule has 1 aliphatic rings. The fourth-order valence-corrected chi connectivity index (χ4v) is 5.88. The van der Waals surface area contributed by atoms with Crippen LogP contribution < -0.4 is 0 Å². The highest BCUT2D eigenvalue weighted by atomic mass is 16.3. The summed E-state index contributed by atoms with van der Waals surface area (Å²) in [4.78, 5) is 0. The second-order valence-electron chi connectivity index (χ2n) is 9.21. The van der Waals surface area contributed by atoms with Gasteiger partial charge in [0.1, 0.15) is 11.2 Å². The van der Waals surface area contributed by atoms with Gasteiger partial charge in [-0.25, -0.2) is 0 Å². The molecule has 156 valence electrons. The maximum Gasteiger partial charge on any atom is 0.137 e. The molecular weight excluding hydrogens is 390 g/mol. The van der Waals surface area contributed by atoms with Gasteiger partial charge < -0.3 is 8.98 Å². The van der Waals surface area contributed by atoms with Crippen LogP contribution in [-0.2, 0) is 0 Å². The average molecular weight is 416 g/mol. The largest absolute Gasteiger partial charge is 0.456 e. The molecule has 1 saturated carbocycles. The predicted molar refractivity (Wildman–Crippen MR) is 134 cm³/mol. The summed E-state index contributed by atoms with van der Waals surface area (Å²) < 4.78 is 8.63. The maximum atomic E-state index is 6.20. The molecule has 4 aromatic carbocycles. The third kappa shape index (κ3) is 2.59. The van der Waals surface area contributed by atoms with E-state index in [1.165, 1.54) is 75.9 Å². The van der Waals surface area contributed by atoms with Gasteiger partial charge in [0.05, 0.1) is 22.1 Å². The van der Waals surface area contributed by atoms with Crippen molar-refractivity contribution in [2.45, 2.75) is 38.0 Å². The Bertz CT molecular complexity index is 1610. The van der Waals surface area contributed by atoms with Gasteiger partial charge in [-0.1, -0.05) is 67.8 Å². The number of para-hydroxylation sites is 2. The van der Waals surface area contributed by atoms with Crippen LogP contribution in [0.5, 0.6) is 0 Å². The summed E-state index contributed by atoms with van der Waals surface area (Å²) in [5, 5.41) is 5.03. The Kier molecular flexibility index (Phi) is 3.96. The Balaban J connectivity index is 1.55. The summed E-state index contributed by atoms with van der Waals surface area (Å²) in [6, 6.07) is 30.8. The smallest absolute Gasteiger partial charge is 0.137 e. The molecule has 0 saturated heterocycles. The number of hydrogen-bond donors (Lipinski definition) is 0. The van der Waals surface area contributed by atoms with E-state index in [0.29, 0.717) is 5.92 Å². The van der Waals surface area contributed by atoms with E-state index in [2.05, 4.69) is 83.4 Å². The quantitative estimate of drug-likeness (QED) is 0.276. The van der Waals surface area contributed by atoms with E-state index < -0.39 is 0 Å². The van der Waals surface area contributed by atoms with Gasteiger partial charge in [-0.15, -0.1) is 0 Å². The lowest BCUT2D eigenvalue weighted by molar-refractivity contribution is 0.444. The van der Waals surface area contributed by atoms with E-state index >= 15 is 0 Å². The van der Waals surface area contributed by atoms with Crippen LogP contribution in [0.25, 0.3) is 49.4 Å². The minimum Gasteiger partial charge on any atom is -0.456 e. The lowest BCUT2D eigenvalue weighted by Crippen LogP contribution is -2.04. The van der Waals surface area contributed by atoms with Gasteiger partial charge in [-0.2, -0.15) is 0 Å². The SMILES string of the molecule is c1ccc2c(c1)oc1cccc(-n3c4ccccc4c4cc(C5CCCCC5)ccc43)c12. The van der Waals surface area contributed by atoms with E-state index in [0.717, 1.165) is 11.2 Å². The van der Waals surface area contributed by atoms with E-state index in [9.17, 15) is 0 Å². The Hall–Kier alpha value is -3.52. The first-order valence-electron chi connectivity index (χ1n) is 11.8. The van der Waals surface area contributed by atoms with Crippen molar-refractivity contribution in [2.75, 3.05) is 0 Å². The number of aromatic nitrogens is 1. The molecule has 0 aliphatic heterocycles. The molecule has 0 radical (unpaired) electrons. The van der Waals surface area contributed by atoms with Crippen molar-refractivity contribution < 1.29 is 4.42 Å². The van der Waals surface area contributed by atoms with Gasteiger partial charge in [-0.3, -0.25) is 0 Å². The molecule has 0 bridgehead atoms. The van der Waals surface area contributed by atoms with Crippen LogP contribution in [0.1, 0.15) is 43.6 Å². The number of fused-ring (bicyclic) bond motifs is 6. The van der Waals surface area contributed by atoms with Crippen LogP contribution >= 0.6 is 0 Å². The van der Waals surface area contributed by atoms with Crippen molar-refractivity contribution >= 4 is 43.7 Å². The van der Waals surface area contributed by atoms with Gasteiger partial charge in [0.25, 0.3) is 0 Å². The van der Waals surface area contributed by atoms with E-state index in [-0.39, 0.29) is 0 Å². The molecule has 6 aromatic rings. The molecule has 0 unspecified atom stereocenters. The summed E-state index contributed by atoms with van der Waals surface area (Å²) in [5.74, 6) is 0.705. The fraction of sp³-hybridized carbons (Fsp3) is 0.200. The van der Waals surface area contributed by atoms with Crippen LogP contribution in [0.4, 0.5) is 0 Å². The molecule has 1 fully saturated rings. The fourth-order valence-electron chi connectivity index (χ4n) is 5.88. The standard InChI is InChI=1S/C30H25NO/c1-2-9-20(10-3-1)21-17-18-26-24(19-21)22-11-4-6-13-25(22)31(26)27-14-8-16-29-30(27)23-12-5-7-15-28(23)32-29/h4-8,11-20H,1-3,9-10H2. The number of hydrogen-bond acceptors (Lipinski definition) is 1. The molecule has 2 heteroatoms. The molecule has 0 atom stereocenters. The lowest BCUT2D eigenvalue weighted by Gasteiger charge is -2.22. The highest BCUT2D eigenvalue weighted by molar-refractivity contribution is 6.14. The molecule has 7 rings (SSSR count). The molecule has 32 heavy (non-hydrogen) atoms. The maximum absolute atomic E-state index is 6.20. The Morgan fingerprint density at radius 3 is 2.28 bits per heavy atom. The first kappa shape index (κ1) is 18.1. The number of furan rings is 1. The van der Waals surface area contributed by atoms with E-state index in [4.69, 9.17) is 4.42 Å². The molecular formula is C30H25NO. The molecule has 0 spiro atoms. The minimum absolute atomic E-state index is 0.705. The molecule has 2 heterocycles. The second kappa shape index (κ2) is 7.00. The summed E-state index contributed by atoms with van der Waals surface area (Å²) in [5.41, 5.74) is 7.09. The van der Waals surface area contributed by atoms with E-state index in [1.54, 1.807) is 0 Å². The zero-order valence-corrected chi connectivity index (χ0v) is 18.1. The zero-order valence-electron chi connectivity index (χ0n) is 18.1. The number of nitrogens with zero attached hydrogens (tertiary/aromatic N) is 1. The Morgan fingerprint density at radius 2 is 1.38 bits per heavy atom. The summed E-state index contributed by atoms with van der Waals surface area (Å²) in [7, 11) is 0. The van der Waals surface area contributed by atoms with Crippen LogP contribution in [0.3, 0.4) is 0 Å². The second-order valence-corrected chi connectivity index (χ2v) is 9.21. The topological polar surface area (TPSA) is 18.1 Å². The molecule has 2 nitrogen and oxygen atoms in total. The molecule has 0 amide bonds. The molecule has 2 aromatic heterocycles. The van der Waals surface area contributed by atoms with Crippen LogP contribution in [0.2, 0.25) is 0 Å². The van der Waals surface area contributed by atoms with Crippen molar-refractivity contribution in [2.24, 2.45) is 0 Å². The third-order valence-electron chi connectivity index (χ3n) is 7.39. The van der Waals surface area contributed by atoms with Crippen LogP contribution in [-0.4, -0.2) is 4.57 Å². The predicted octanol–water partition coefficient (Wildman–Crippen LogP) is 8.73. The number of benzene rings is 4. The average Bonchev–Trinajstić information content (AvgIpc) is 3.40. The highest BCUT2D eigenvalue weighted by Crippen LogP contribution is 2.40. The summed E-state index contributed by atoms with van der Waals surface area (Å²) in [6.45, 7) is 0. The first-order chi connectivity index (χ1) is 15.9. The highest BCUT2D eigenvalue weighted by Gasteiger charge is 2.20. The van der Waals surface area contributed by atoms with Gasteiger partial charge in [0.2, 0.25) is 0 Å². The van der Waals surface area contributed by atoms with Crippen LogP contribution in [0.15, 0.2) is 89.3 Å². The normalized spacial score (nSPS) is 15.4.